The quantitative estimate of drug-likeness (QED) is 0.459. The van der Waals surface area contributed by atoms with Crippen LogP contribution in [0.2, 0.25) is 0 Å². The van der Waals surface area contributed by atoms with E-state index in [1.54, 1.807) is 11.6 Å². The van der Waals surface area contributed by atoms with Crippen LogP contribution in [0.15, 0.2) is 59.4 Å². The van der Waals surface area contributed by atoms with Crippen LogP contribution >= 0.6 is 23.1 Å². The molecule has 1 aliphatic heterocycles. The lowest BCUT2D eigenvalue weighted by molar-refractivity contribution is 0.0773. The number of nitrogens with zero attached hydrogens (tertiary/aromatic N) is 2. The van der Waals surface area contributed by atoms with Crippen LogP contribution in [0.4, 0.5) is 0 Å². The van der Waals surface area contributed by atoms with Crippen LogP contribution in [0.1, 0.15) is 15.2 Å². The number of ether oxygens (including phenoxy) is 1. The molecule has 0 spiro atoms. The Labute approximate surface area is 188 Å². The molecule has 1 saturated heterocycles. The Balaban J connectivity index is 1.70. The summed E-state index contributed by atoms with van der Waals surface area (Å²) in [6.45, 7) is 1.74. The van der Waals surface area contributed by atoms with E-state index < -0.39 is 0 Å². The maximum Gasteiger partial charge on any atom is 0.267 e. The minimum atomic E-state index is -0.138. The van der Waals surface area contributed by atoms with Crippen LogP contribution in [0, 0.1) is 0 Å². The lowest BCUT2D eigenvalue weighted by atomic mass is 10.1. The standard InChI is InChI=1S/C24H22N2O3S2/c1-25-18-10-6-5-9-17(18)21-19(23(25)27)20(29-15-16-7-3-2-4-8-16)22(31-21)24(28)26-11-13-30-14-12-26/h2-10H,11-15H2,1H3. The Morgan fingerprint density at radius 2 is 1.74 bits per heavy atom. The number of fused-ring (bicyclic) bond motifs is 3. The molecule has 158 valence electrons. The summed E-state index contributed by atoms with van der Waals surface area (Å²) >= 11 is 3.24. The number of benzene rings is 2. The number of thiophene rings is 1. The van der Waals surface area contributed by atoms with Gasteiger partial charge in [0.25, 0.3) is 11.5 Å². The summed E-state index contributed by atoms with van der Waals surface area (Å²) in [7, 11) is 1.77. The minimum absolute atomic E-state index is 0.0457. The fraction of sp³-hybridized carbons (Fsp3) is 0.250. The van der Waals surface area contributed by atoms with E-state index in [-0.39, 0.29) is 11.5 Å². The van der Waals surface area contributed by atoms with Crippen molar-refractivity contribution in [3.05, 3.63) is 75.4 Å². The smallest absolute Gasteiger partial charge is 0.267 e. The number of rotatable bonds is 4. The van der Waals surface area contributed by atoms with Gasteiger partial charge in [0.05, 0.1) is 10.2 Å². The fourth-order valence-corrected chi connectivity index (χ4v) is 6.10. The molecule has 0 N–H and O–H groups in total. The normalized spacial score (nSPS) is 14.3. The summed E-state index contributed by atoms with van der Waals surface area (Å²) in [6.07, 6.45) is 0. The molecular weight excluding hydrogens is 428 g/mol. The van der Waals surface area contributed by atoms with Crippen molar-refractivity contribution in [1.29, 1.82) is 0 Å². The second-order valence-electron chi connectivity index (χ2n) is 7.52. The second-order valence-corrected chi connectivity index (χ2v) is 9.77. The zero-order valence-corrected chi connectivity index (χ0v) is 18.8. The molecule has 5 nitrogen and oxygen atoms in total. The first kappa shape index (κ1) is 20.2. The number of carbonyl (C=O) groups is 1. The Kier molecular flexibility index (Phi) is 5.46. The number of para-hydroxylation sites is 1. The Bertz CT molecular complexity index is 1320. The third-order valence-corrected chi connectivity index (χ3v) is 7.75. The predicted molar refractivity (Wildman–Crippen MR) is 129 cm³/mol. The molecule has 2 aromatic heterocycles. The van der Waals surface area contributed by atoms with Gasteiger partial charge in [-0.1, -0.05) is 48.5 Å². The van der Waals surface area contributed by atoms with Gasteiger partial charge < -0.3 is 14.2 Å². The van der Waals surface area contributed by atoms with Crippen molar-refractivity contribution in [3.8, 4) is 5.75 Å². The van der Waals surface area contributed by atoms with E-state index in [0.29, 0.717) is 35.7 Å². The summed E-state index contributed by atoms with van der Waals surface area (Å²) < 4.78 is 8.68. The average molecular weight is 451 g/mol. The van der Waals surface area contributed by atoms with Crippen molar-refractivity contribution >= 4 is 50.0 Å². The molecule has 1 aliphatic rings. The van der Waals surface area contributed by atoms with Gasteiger partial charge in [0.2, 0.25) is 0 Å². The first-order valence-electron chi connectivity index (χ1n) is 10.2. The molecule has 0 saturated carbocycles. The van der Waals surface area contributed by atoms with Gasteiger partial charge in [-0.15, -0.1) is 11.3 Å². The molecule has 1 fully saturated rings. The van der Waals surface area contributed by atoms with Crippen molar-refractivity contribution in [2.45, 2.75) is 6.61 Å². The number of hydrogen-bond acceptors (Lipinski definition) is 5. The van der Waals surface area contributed by atoms with Gasteiger partial charge >= 0.3 is 0 Å². The predicted octanol–water partition coefficient (Wildman–Crippen LogP) is 4.52. The van der Waals surface area contributed by atoms with E-state index in [2.05, 4.69) is 0 Å². The van der Waals surface area contributed by atoms with Crippen LogP contribution in [-0.4, -0.2) is 40.0 Å². The average Bonchev–Trinajstić information content (AvgIpc) is 3.22. The summed E-state index contributed by atoms with van der Waals surface area (Å²) in [5, 5.41) is 1.46. The van der Waals surface area contributed by atoms with Crippen LogP contribution < -0.4 is 10.3 Å². The van der Waals surface area contributed by atoms with Crippen LogP contribution in [-0.2, 0) is 13.7 Å². The first-order chi connectivity index (χ1) is 15.1. The lowest BCUT2D eigenvalue weighted by Crippen LogP contribution is -2.37. The third kappa shape index (κ3) is 3.62. The Hall–Kier alpha value is -2.77. The highest BCUT2D eigenvalue weighted by atomic mass is 32.2. The molecule has 1 amide bonds. The summed E-state index contributed by atoms with van der Waals surface area (Å²) in [6, 6.07) is 17.6. The number of hydrogen-bond donors (Lipinski definition) is 0. The number of aryl methyl sites for hydroxylation is 1. The molecule has 2 aromatic carbocycles. The number of pyridine rings is 1. The van der Waals surface area contributed by atoms with Crippen molar-refractivity contribution in [3.63, 3.8) is 0 Å². The molecule has 31 heavy (non-hydrogen) atoms. The van der Waals surface area contributed by atoms with E-state index in [0.717, 1.165) is 32.7 Å². The van der Waals surface area contributed by atoms with Crippen LogP contribution in [0.25, 0.3) is 21.0 Å². The molecule has 5 rings (SSSR count). The van der Waals surface area contributed by atoms with E-state index in [1.807, 2.05) is 71.3 Å². The zero-order valence-electron chi connectivity index (χ0n) is 17.2. The highest BCUT2D eigenvalue weighted by molar-refractivity contribution is 7.99. The summed E-state index contributed by atoms with van der Waals surface area (Å²) in [5.41, 5.74) is 1.71. The summed E-state index contributed by atoms with van der Waals surface area (Å²) in [4.78, 5) is 29.2. The number of thioether (sulfide) groups is 1. The monoisotopic (exact) mass is 450 g/mol. The Morgan fingerprint density at radius 1 is 1.03 bits per heavy atom. The van der Waals surface area contributed by atoms with Gasteiger partial charge in [0, 0.05) is 37.0 Å². The summed E-state index contributed by atoms with van der Waals surface area (Å²) in [5.74, 6) is 2.23. The van der Waals surface area contributed by atoms with Crippen molar-refractivity contribution in [2.24, 2.45) is 7.05 Å². The SMILES string of the molecule is Cn1c(=O)c2c(OCc3ccccc3)c(C(=O)N3CCSCC3)sc2c2ccccc21. The van der Waals surface area contributed by atoms with Crippen molar-refractivity contribution < 1.29 is 9.53 Å². The van der Waals surface area contributed by atoms with Crippen molar-refractivity contribution in [2.75, 3.05) is 24.6 Å². The molecule has 0 bridgehead atoms. The van der Waals surface area contributed by atoms with E-state index in [1.165, 1.54) is 11.3 Å². The Morgan fingerprint density at radius 3 is 2.52 bits per heavy atom. The van der Waals surface area contributed by atoms with Crippen LogP contribution in [0.3, 0.4) is 0 Å². The topological polar surface area (TPSA) is 51.5 Å². The number of amides is 1. The highest BCUT2D eigenvalue weighted by Gasteiger charge is 2.28. The third-order valence-electron chi connectivity index (χ3n) is 5.61. The highest BCUT2D eigenvalue weighted by Crippen LogP contribution is 2.40. The van der Waals surface area contributed by atoms with Crippen LogP contribution in [0.5, 0.6) is 5.75 Å². The number of aromatic nitrogens is 1. The molecule has 7 heteroatoms. The van der Waals surface area contributed by atoms with E-state index >= 15 is 0 Å². The van der Waals surface area contributed by atoms with Gasteiger partial charge in [0.1, 0.15) is 16.9 Å². The maximum atomic E-state index is 13.5. The molecular formula is C24H22N2O3S2. The number of carbonyl (C=O) groups excluding carboxylic acids is 1. The second kappa shape index (κ2) is 8.40. The fourth-order valence-electron chi connectivity index (χ4n) is 3.95. The van der Waals surface area contributed by atoms with Gasteiger partial charge in [-0.25, -0.2) is 0 Å². The molecule has 0 unspecified atom stereocenters. The largest absolute Gasteiger partial charge is 0.486 e. The lowest BCUT2D eigenvalue weighted by Gasteiger charge is -2.26. The van der Waals surface area contributed by atoms with Crippen molar-refractivity contribution in [1.82, 2.24) is 9.47 Å². The molecule has 0 radical (unpaired) electrons. The van der Waals surface area contributed by atoms with Gasteiger partial charge in [0.15, 0.2) is 5.75 Å². The molecule has 3 heterocycles. The van der Waals surface area contributed by atoms with Gasteiger partial charge in [-0.2, -0.15) is 11.8 Å². The molecule has 4 aromatic rings. The van der Waals surface area contributed by atoms with E-state index in [9.17, 15) is 9.59 Å². The van der Waals surface area contributed by atoms with Gasteiger partial charge in [-0.05, 0) is 11.6 Å². The van der Waals surface area contributed by atoms with E-state index in [4.69, 9.17) is 4.74 Å². The minimum Gasteiger partial charge on any atom is -0.486 e. The molecule has 0 atom stereocenters. The first-order valence-corrected chi connectivity index (χ1v) is 12.2. The van der Waals surface area contributed by atoms with Gasteiger partial charge in [-0.3, -0.25) is 9.59 Å². The molecule has 0 aliphatic carbocycles. The zero-order chi connectivity index (χ0) is 21.4. The maximum absolute atomic E-state index is 13.5.